The van der Waals surface area contributed by atoms with Crippen LogP contribution in [0.25, 0.3) is 0 Å². The zero-order chi connectivity index (χ0) is 18.2. The Morgan fingerprint density at radius 2 is 1.67 bits per heavy atom. The SMILES string of the molecule is CCC1CCC(NC(=O)CCCC(=O)N(CC)CC)(C(=O)O)CC1. The topological polar surface area (TPSA) is 86.7 Å². The van der Waals surface area contributed by atoms with Crippen molar-refractivity contribution in [1.29, 1.82) is 0 Å². The van der Waals surface area contributed by atoms with Crippen LogP contribution in [-0.4, -0.2) is 46.4 Å². The van der Waals surface area contributed by atoms with E-state index in [2.05, 4.69) is 12.2 Å². The molecule has 1 aliphatic carbocycles. The van der Waals surface area contributed by atoms with Crippen molar-refractivity contribution in [3.63, 3.8) is 0 Å². The maximum atomic E-state index is 12.2. The number of rotatable bonds is 9. The summed E-state index contributed by atoms with van der Waals surface area (Å²) >= 11 is 0. The number of carbonyl (C=O) groups is 3. The number of nitrogens with one attached hydrogen (secondary N) is 1. The molecule has 1 saturated carbocycles. The summed E-state index contributed by atoms with van der Waals surface area (Å²) in [5.41, 5.74) is -1.12. The molecule has 0 radical (unpaired) electrons. The fourth-order valence-electron chi connectivity index (χ4n) is 3.43. The van der Waals surface area contributed by atoms with Crippen molar-refractivity contribution in [1.82, 2.24) is 10.2 Å². The first-order valence-electron chi connectivity index (χ1n) is 9.20. The van der Waals surface area contributed by atoms with Crippen molar-refractivity contribution >= 4 is 17.8 Å². The summed E-state index contributed by atoms with van der Waals surface area (Å²) in [4.78, 5) is 37.5. The monoisotopic (exact) mass is 340 g/mol. The molecule has 2 amide bonds. The normalized spacial score (nSPS) is 23.5. The van der Waals surface area contributed by atoms with Gasteiger partial charge in [-0.1, -0.05) is 13.3 Å². The number of aliphatic carboxylic acids is 1. The second-order valence-electron chi connectivity index (χ2n) is 6.71. The molecule has 6 heteroatoms. The molecule has 24 heavy (non-hydrogen) atoms. The van der Waals surface area contributed by atoms with E-state index in [4.69, 9.17) is 0 Å². The van der Waals surface area contributed by atoms with Crippen molar-refractivity contribution in [2.75, 3.05) is 13.1 Å². The molecule has 0 aromatic carbocycles. The van der Waals surface area contributed by atoms with Gasteiger partial charge in [-0.3, -0.25) is 9.59 Å². The smallest absolute Gasteiger partial charge is 0.329 e. The standard InChI is InChI=1S/C18H32N2O4/c1-4-14-10-12-18(13-11-14,17(23)24)19-15(21)8-7-9-16(22)20(5-2)6-3/h14H,4-13H2,1-3H3,(H,19,21)(H,23,24). The Labute approximate surface area is 145 Å². The summed E-state index contributed by atoms with van der Waals surface area (Å²) in [7, 11) is 0. The second-order valence-corrected chi connectivity index (χ2v) is 6.71. The van der Waals surface area contributed by atoms with Crippen LogP contribution in [0.4, 0.5) is 0 Å². The van der Waals surface area contributed by atoms with Crippen LogP contribution in [0.15, 0.2) is 0 Å². The Hall–Kier alpha value is -1.59. The Morgan fingerprint density at radius 1 is 1.08 bits per heavy atom. The summed E-state index contributed by atoms with van der Waals surface area (Å²) in [6.07, 6.45) is 4.68. The van der Waals surface area contributed by atoms with Crippen LogP contribution in [0.2, 0.25) is 0 Å². The molecule has 0 unspecified atom stereocenters. The highest BCUT2D eigenvalue weighted by Crippen LogP contribution is 2.34. The molecule has 0 atom stereocenters. The lowest BCUT2D eigenvalue weighted by atomic mass is 9.75. The Kier molecular flexibility index (Phi) is 8.22. The minimum absolute atomic E-state index is 0.0456. The Morgan fingerprint density at radius 3 is 2.12 bits per heavy atom. The van der Waals surface area contributed by atoms with Crippen molar-refractivity contribution < 1.29 is 19.5 Å². The van der Waals surface area contributed by atoms with E-state index in [0.29, 0.717) is 44.7 Å². The molecule has 0 aromatic heterocycles. The predicted molar refractivity (Wildman–Crippen MR) is 92.5 cm³/mol. The minimum Gasteiger partial charge on any atom is -0.480 e. The zero-order valence-corrected chi connectivity index (χ0v) is 15.3. The van der Waals surface area contributed by atoms with Gasteiger partial charge in [-0.2, -0.15) is 0 Å². The maximum Gasteiger partial charge on any atom is 0.329 e. The van der Waals surface area contributed by atoms with Gasteiger partial charge in [0, 0.05) is 25.9 Å². The van der Waals surface area contributed by atoms with Crippen LogP contribution in [0.5, 0.6) is 0 Å². The van der Waals surface area contributed by atoms with Gasteiger partial charge in [0.15, 0.2) is 0 Å². The Bertz CT molecular complexity index is 438. The number of carboxylic acid groups (broad SMARTS) is 1. The molecule has 0 heterocycles. The molecule has 0 spiro atoms. The third-order valence-corrected chi connectivity index (χ3v) is 5.23. The first-order chi connectivity index (χ1) is 11.4. The number of hydrogen-bond donors (Lipinski definition) is 2. The number of amides is 2. The van der Waals surface area contributed by atoms with E-state index in [1.165, 1.54) is 0 Å². The fourth-order valence-corrected chi connectivity index (χ4v) is 3.43. The van der Waals surface area contributed by atoms with Crippen molar-refractivity contribution in [2.45, 2.75) is 77.7 Å². The van der Waals surface area contributed by atoms with Crippen LogP contribution in [0.3, 0.4) is 0 Å². The second kappa shape index (κ2) is 9.64. The number of carboxylic acids is 1. The zero-order valence-electron chi connectivity index (χ0n) is 15.3. The van der Waals surface area contributed by atoms with E-state index >= 15 is 0 Å². The van der Waals surface area contributed by atoms with E-state index in [-0.39, 0.29) is 18.2 Å². The highest BCUT2D eigenvalue weighted by Gasteiger charge is 2.42. The van der Waals surface area contributed by atoms with E-state index < -0.39 is 11.5 Å². The first kappa shape index (κ1) is 20.5. The van der Waals surface area contributed by atoms with Crippen LogP contribution in [0.1, 0.15) is 72.1 Å². The molecular formula is C18H32N2O4. The largest absolute Gasteiger partial charge is 0.480 e. The molecule has 6 nitrogen and oxygen atoms in total. The fraction of sp³-hybridized carbons (Fsp3) is 0.833. The summed E-state index contributed by atoms with van der Waals surface area (Å²) in [5.74, 6) is -0.602. The summed E-state index contributed by atoms with van der Waals surface area (Å²) in [6.45, 7) is 7.31. The highest BCUT2D eigenvalue weighted by atomic mass is 16.4. The molecule has 0 aliphatic heterocycles. The lowest BCUT2D eigenvalue weighted by Gasteiger charge is -2.37. The molecular weight excluding hydrogens is 308 g/mol. The molecule has 138 valence electrons. The average Bonchev–Trinajstić information content (AvgIpc) is 2.56. The van der Waals surface area contributed by atoms with Crippen molar-refractivity contribution in [2.24, 2.45) is 5.92 Å². The first-order valence-corrected chi connectivity index (χ1v) is 9.20. The van der Waals surface area contributed by atoms with Crippen molar-refractivity contribution in [3.8, 4) is 0 Å². The quantitative estimate of drug-likeness (QED) is 0.675. The van der Waals surface area contributed by atoms with Gasteiger partial charge in [-0.25, -0.2) is 4.79 Å². The van der Waals surface area contributed by atoms with Crippen LogP contribution in [0, 0.1) is 5.92 Å². The average molecular weight is 340 g/mol. The van der Waals surface area contributed by atoms with Gasteiger partial charge in [0.25, 0.3) is 0 Å². The molecule has 0 bridgehead atoms. The van der Waals surface area contributed by atoms with E-state index in [1.54, 1.807) is 4.90 Å². The van der Waals surface area contributed by atoms with Crippen molar-refractivity contribution in [3.05, 3.63) is 0 Å². The molecule has 1 rings (SSSR count). The summed E-state index contributed by atoms with van der Waals surface area (Å²) < 4.78 is 0. The third-order valence-electron chi connectivity index (χ3n) is 5.23. The summed E-state index contributed by atoms with van der Waals surface area (Å²) in [5, 5.41) is 12.3. The van der Waals surface area contributed by atoms with Gasteiger partial charge < -0.3 is 15.3 Å². The molecule has 0 aromatic rings. The van der Waals surface area contributed by atoms with Gasteiger partial charge in [0.2, 0.25) is 11.8 Å². The lowest BCUT2D eigenvalue weighted by molar-refractivity contribution is -0.149. The van der Waals surface area contributed by atoms with Crippen LogP contribution < -0.4 is 5.32 Å². The third kappa shape index (κ3) is 5.49. The van der Waals surface area contributed by atoms with Gasteiger partial charge in [-0.05, 0) is 51.9 Å². The maximum absolute atomic E-state index is 12.2. The molecule has 2 N–H and O–H groups in total. The van der Waals surface area contributed by atoms with Crippen LogP contribution in [-0.2, 0) is 14.4 Å². The highest BCUT2D eigenvalue weighted by molar-refractivity contribution is 5.87. The minimum atomic E-state index is -1.12. The van der Waals surface area contributed by atoms with E-state index in [0.717, 1.165) is 19.3 Å². The van der Waals surface area contributed by atoms with E-state index in [9.17, 15) is 19.5 Å². The van der Waals surface area contributed by atoms with Gasteiger partial charge >= 0.3 is 5.97 Å². The van der Waals surface area contributed by atoms with Crippen LogP contribution >= 0.6 is 0 Å². The van der Waals surface area contributed by atoms with Gasteiger partial charge in [-0.15, -0.1) is 0 Å². The number of carbonyl (C=O) groups excluding carboxylic acids is 2. The van der Waals surface area contributed by atoms with Gasteiger partial charge in [0.05, 0.1) is 0 Å². The summed E-state index contributed by atoms with van der Waals surface area (Å²) in [6, 6.07) is 0. The number of nitrogens with zero attached hydrogens (tertiary/aromatic N) is 1. The molecule has 1 aliphatic rings. The predicted octanol–water partition coefficient (Wildman–Crippen LogP) is 2.56. The lowest BCUT2D eigenvalue weighted by Crippen LogP contribution is -2.56. The molecule has 0 saturated heterocycles. The molecule has 1 fully saturated rings. The number of hydrogen-bond acceptors (Lipinski definition) is 3. The Balaban J connectivity index is 2.47. The van der Waals surface area contributed by atoms with Gasteiger partial charge in [0.1, 0.15) is 5.54 Å². The van der Waals surface area contributed by atoms with E-state index in [1.807, 2.05) is 13.8 Å².